The lowest BCUT2D eigenvalue weighted by Crippen LogP contribution is -2.18. The van der Waals surface area contributed by atoms with Gasteiger partial charge in [-0.2, -0.15) is 0 Å². The van der Waals surface area contributed by atoms with E-state index in [-0.39, 0.29) is 0 Å². The van der Waals surface area contributed by atoms with Crippen LogP contribution in [0.25, 0.3) is 0 Å². The number of rotatable bonds is 4. The topological polar surface area (TPSA) is 63.8 Å². The minimum atomic E-state index is 0.407. The van der Waals surface area contributed by atoms with Crippen molar-refractivity contribution in [3.63, 3.8) is 0 Å². The highest BCUT2D eigenvalue weighted by Gasteiger charge is 2.05. The summed E-state index contributed by atoms with van der Waals surface area (Å²) >= 11 is 0. The van der Waals surface area contributed by atoms with Crippen LogP contribution in [0.1, 0.15) is 27.2 Å². The molecule has 1 heterocycles. The summed E-state index contributed by atoms with van der Waals surface area (Å²) in [6.07, 6.45) is 2.59. The Morgan fingerprint density at radius 2 is 2.07 bits per heavy atom. The number of nitrogens with zero attached hydrogens (tertiary/aromatic N) is 2. The van der Waals surface area contributed by atoms with Crippen LogP contribution in [0.5, 0.6) is 0 Å². The second kappa shape index (κ2) is 4.79. The third-order valence-corrected chi connectivity index (χ3v) is 1.91. The molecular weight excluding hydrogens is 176 g/mol. The quantitative estimate of drug-likeness (QED) is 0.768. The molecule has 1 atom stereocenters. The van der Waals surface area contributed by atoms with Crippen LogP contribution in [0.4, 0.5) is 11.6 Å². The molecule has 3 N–H and O–H groups in total. The van der Waals surface area contributed by atoms with Crippen LogP contribution < -0.4 is 11.1 Å². The lowest BCUT2D eigenvalue weighted by atomic mass is 10.1. The number of nitrogens with two attached hydrogens (primary N) is 1. The maximum Gasteiger partial charge on any atom is 0.131 e. The number of anilines is 2. The van der Waals surface area contributed by atoms with Gasteiger partial charge in [0.05, 0.1) is 0 Å². The maximum absolute atomic E-state index is 5.54. The summed E-state index contributed by atoms with van der Waals surface area (Å²) in [7, 11) is 0. The number of nitrogen functional groups attached to an aromatic ring is 1. The zero-order valence-electron chi connectivity index (χ0n) is 8.99. The molecule has 14 heavy (non-hydrogen) atoms. The predicted octanol–water partition coefficient (Wildman–Crippen LogP) is 1.91. The molecule has 0 saturated carbocycles. The van der Waals surface area contributed by atoms with Crippen LogP contribution in [-0.4, -0.2) is 16.0 Å². The first-order valence-corrected chi connectivity index (χ1v) is 4.92. The predicted molar refractivity (Wildman–Crippen MR) is 59.0 cm³/mol. The van der Waals surface area contributed by atoms with Crippen LogP contribution in [0.15, 0.2) is 12.4 Å². The average Bonchev–Trinajstić information content (AvgIpc) is 2.01. The maximum atomic E-state index is 5.54. The summed E-state index contributed by atoms with van der Waals surface area (Å²) in [6, 6.07) is 2.15. The van der Waals surface area contributed by atoms with Crippen LogP contribution in [0.2, 0.25) is 0 Å². The van der Waals surface area contributed by atoms with Gasteiger partial charge in [0.15, 0.2) is 0 Å². The standard InChI is InChI=1S/C10H18N4/c1-7(2)4-8(3)14-10-5-9(11)12-6-13-10/h5-8H,4H2,1-3H3,(H3,11,12,13,14). The number of nitrogens with one attached hydrogen (secondary N) is 1. The first kappa shape index (κ1) is 10.8. The van der Waals surface area contributed by atoms with Gasteiger partial charge in [0.2, 0.25) is 0 Å². The molecule has 1 aromatic rings. The first-order valence-electron chi connectivity index (χ1n) is 4.92. The summed E-state index contributed by atoms with van der Waals surface area (Å²) in [5.41, 5.74) is 5.54. The third kappa shape index (κ3) is 3.60. The van der Waals surface area contributed by atoms with Crippen molar-refractivity contribution in [3.8, 4) is 0 Å². The Morgan fingerprint density at radius 3 is 2.64 bits per heavy atom. The summed E-state index contributed by atoms with van der Waals surface area (Å²) in [5, 5.41) is 3.28. The van der Waals surface area contributed by atoms with E-state index in [2.05, 4.69) is 36.1 Å². The molecule has 0 fully saturated rings. The molecule has 1 rings (SSSR count). The van der Waals surface area contributed by atoms with Crippen molar-refractivity contribution in [1.29, 1.82) is 0 Å². The van der Waals surface area contributed by atoms with E-state index < -0.39 is 0 Å². The van der Waals surface area contributed by atoms with Gasteiger partial charge in [0, 0.05) is 12.1 Å². The van der Waals surface area contributed by atoms with Gasteiger partial charge in [-0.05, 0) is 19.3 Å². The molecule has 4 heteroatoms. The lowest BCUT2D eigenvalue weighted by molar-refractivity contribution is 0.539. The molecule has 1 unspecified atom stereocenters. The lowest BCUT2D eigenvalue weighted by Gasteiger charge is -2.16. The van der Waals surface area contributed by atoms with Gasteiger partial charge in [-0.3, -0.25) is 0 Å². The summed E-state index contributed by atoms with van der Waals surface area (Å²) < 4.78 is 0. The van der Waals surface area contributed by atoms with Crippen molar-refractivity contribution >= 4 is 11.6 Å². The Balaban J connectivity index is 2.51. The normalized spacial score (nSPS) is 12.9. The Labute approximate surface area is 85.0 Å². The van der Waals surface area contributed by atoms with E-state index in [4.69, 9.17) is 5.73 Å². The van der Waals surface area contributed by atoms with Gasteiger partial charge in [0.1, 0.15) is 18.0 Å². The Bertz CT molecular complexity index is 285. The van der Waals surface area contributed by atoms with E-state index in [1.807, 2.05) is 0 Å². The fourth-order valence-electron chi connectivity index (χ4n) is 1.47. The van der Waals surface area contributed by atoms with Crippen molar-refractivity contribution in [2.45, 2.75) is 33.2 Å². The molecule has 0 saturated heterocycles. The second-order valence-corrected chi connectivity index (χ2v) is 4.00. The van der Waals surface area contributed by atoms with E-state index in [9.17, 15) is 0 Å². The van der Waals surface area contributed by atoms with Crippen molar-refractivity contribution < 1.29 is 0 Å². The average molecular weight is 194 g/mol. The van der Waals surface area contributed by atoms with E-state index in [1.54, 1.807) is 6.07 Å². The zero-order chi connectivity index (χ0) is 10.6. The molecule has 1 aromatic heterocycles. The molecule has 4 nitrogen and oxygen atoms in total. The van der Waals surface area contributed by atoms with E-state index in [0.29, 0.717) is 17.8 Å². The molecule has 0 aliphatic heterocycles. The highest BCUT2D eigenvalue weighted by Crippen LogP contribution is 2.11. The Hall–Kier alpha value is -1.32. The zero-order valence-corrected chi connectivity index (χ0v) is 8.99. The largest absolute Gasteiger partial charge is 0.384 e. The molecule has 0 spiro atoms. The molecule has 78 valence electrons. The summed E-state index contributed by atoms with van der Waals surface area (Å²) in [4.78, 5) is 7.92. The number of aromatic nitrogens is 2. The fraction of sp³-hybridized carbons (Fsp3) is 0.600. The summed E-state index contributed by atoms with van der Waals surface area (Å²) in [6.45, 7) is 6.54. The number of hydrogen-bond donors (Lipinski definition) is 2. The van der Waals surface area contributed by atoms with Crippen molar-refractivity contribution in [1.82, 2.24) is 9.97 Å². The fourth-order valence-corrected chi connectivity index (χ4v) is 1.47. The van der Waals surface area contributed by atoms with Gasteiger partial charge in [-0.1, -0.05) is 13.8 Å². The Morgan fingerprint density at radius 1 is 1.36 bits per heavy atom. The van der Waals surface area contributed by atoms with Gasteiger partial charge >= 0.3 is 0 Å². The molecule has 0 aliphatic carbocycles. The van der Waals surface area contributed by atoms with E-state index in [1.165, 1.54) is 6.33 Å². The molecule has 0 radical (unpaired) electrons. The molecular formula is C10H18N4. The molecule has 0 aromatic carbocycles. The smallest absolute Gasteiger partial charge is 0.131 e. The van der Waals surface area contributed by atoms with Gasteiger partial charge < -0.3 is 11.1 Å². The van der Waals surface area contributed by atoms with Crippen molar-refractivity contribution in [2.75, 3.05) is 11.1 Å². The highest BCUT2D eigenvalue weighted by molar-refractivity contribution is 5.43. The molecule has 0 aliphatic rings. The second-order valence-electron chi connectivity index (χ2n) is 4.00. The molecule has 0 amide bonds. The Kier molecular flexibility index (Phi) is 3.68. The van der Waals surface area contributed by atoms with E-state index >= 15 is 0 Å². The van der Waals surface area contributed by atoms with Crippen molar-refractivity contribution in [2.24, 2.45) is 5.92 Å². The third-order valence-electron chi connectivity index (χ3n) is 1.91. The molecule has 0 bridgehead atoms. The van der Waals surface area contributed by atoms with E-state index in [0.717, 1.165) is 12.2 Å². The van der Waals surface area contributed by atoms with Gasteiger partial charge in [-0.15, -0.1) is 0 Å². The summed E-state index contributed by atoms with van der Waals surface area (Å²) in [5.74, 6) is 1.97. The monoisotopic (exact) mass is 194 g/mol. The minimum Gasteiger partial charge on any atom is -0.384 e. The van der Waals surface area contributed by atoms with Gasteiger partial charge in [0.25, 0.3) is 0 Å². The first-order chi connectivity index (χ1) is 6.58. The van der Waals surface area contributed by atoms with Gasteiger partial charge in [-0.25, -0.2) is 9.97 Å². The minimum absolute atomic E-state index is 0.407. The SMILES string of the molecule is CC(C)CC(C)Nc1cc(N)ncn1. The van der Waals surface area contributed by atoms with Crippen molar-refractivity contribution in [3.05, 3.63) is 12.4 Å². The van der Waals surface area contributed by atoms with Crippen LogP contribution >= 0.6 is 0 Å². The van der Waals surface area contributed by atoms with Crippen LogP contribution in [0, 0.1) is 5.92 Å². The van der Waals surface area contributed by atoms with Crippen LogP contribution in [-0.2, 0) is 0 Å². The number of hydrogen-bond acceptors (Lipinski definition) is 4. The highest BCUT2D eigenvalue weighted by atomic mass is 15.0. The van der Waals surface area contributed by atoms with Crippen LogP contribution in [0.3, 0.4) is 0 Å².